The molecule has 0 aliphatic carbocycles. The van der Waals surface area contributed by atoms with Crippen LogP contribution in [0.1, 0.15) is 131 Å². The molecule has 4 heteroatoms. The number of carbonyl (C=O) groups excluding carboxylic acids is 1. The summed E-state index contributed by atoms with van der Waals surface area (Å²) in [5.74, 6) is 1.98. The molecule has 4 nitrogen and oxygen atoms in total. The summed E-state index contributed by atoms with van der Waals surface area (Å²) in [5, 5.41) is 17.8. The zero-order chi connectivity index (χ0) is 24.4. The molecule has 0 rings (SSSR count). The molecule has 2 N–H and O–H groups in total. The van der Waals surface area contributed by atoms with Gasteiger partial charge in [-0.1, -0.05) is 112 Å². The zero-order valence-electron chi connectivity index (χ0n) is 22.3. The van der Waals surface area contributed by atoms with Gasteiger partial charge < -0.3 is 14.9 Å². The molecule has 0 radical (unpaired) electrons. The highest BCUT2D eigenvalue weighted by atomic mass is 16.5. The quantitative estimate of drug-likeness (QED) is 0.140. The van der Waals surface area contributed by atoms with E-state index in [0.29, 0.717) is 11.8 Å². The summed E-state index contributed by atoms with van der Waals surface area (Å²) < 4.78 is 4.90. The Morgan fingerprint density at radius 3 is 1.44 bits per heavy atom. The van der Waals surface area contributed by atoms with E-state index in [2.05, 4.69) is 41.5 Å². The van der Waals surface area contributed by atoms with Gasteiger partial charge in [0.2, 0.25) is 0 Å². The lowest BCUT2D eigenvalue weighted by Crippen LogP contribution is -2.38. The van der Waals surface area contributed by atoms with Crippen molar-refractivity contribution in [2.75, 3.05) is 13.2 Å². The number of esters is 1. The minimum atomic E-state index is -0.960. The highest BCUT2D eigenvalue weighted by Gasteiger charge is 2.39. The molecule has 0 fully saturated rings. The number of unbranched alkanes of at least 4 members (excludes halogenated alkanes) is 11. The van der Waals surface area contributed by atoms with Gasteiger partial charge in [0.15, 0.2) is 0 Å². The molecule has 1 atom stereocenters. The predicted molar refractivity (Wildman–Crippen MR) is 136 cm³/mol. The van der Waals surface area contributed by atoms with Gasteiger partial charge in [-0.05, 0) is 36.0 Å². The SMILES string of the molecule is CC(C)C(CCCCCCCCCCCCCCC(=O)OCC(O)CO)(C(C)C)C(C)C. The van der Waals surface area contributed by atoms with Crippen molar-refractivity contribution in [1.82, 2.24) is 0 Å². The third kappa shape index (κ3) is 13.2. The second-order valence-electron chi connectivity index (χ2n) is 10.8. The van der Waals surface area contributed by atoms with Crippen LogP contribution in [0.3, 0.4) is 0 Å². The second-order valence-corrected chi connectivity index (χ2v) is 10.8. The zero-order valence-corrected chi connectivity index (χ0v) is 22.3. The normalized spacial score (nSPS) is 13.3. The third-order valence-electron chi connectivity index (χ3n) is 7.61. The summed E-state index contributed by atoms with van der Waals surface area (Å²) >= 11 is 0. The Kier molecular flexibility index (Phi) is 18.4. The average molecular weight is 457 g/mol. The number of ether oxygens (including phenoxy) is 1. The van der Waals surface area contributed by atoms with Crippen LogP contribution in [0.15, 0.2) is 0 Å². The highest BCUT2D eigenvalue weighted by Crippen LogP contribution is 2.47. The van der Waals surface area contributed by atoms with E-state index in [1.807, 2.05) is 0 Å². The second kappa shape index (κ2) is 18.8. The molecule has 32 heavy (non-hydrogen) atoms. The maximum atomic E-state index is 11.5. The lowest BCUT2D eigenvalue weighted by Gasteiger charge is -2.45. The van der Waals surface area contributed by atoms with E-state index in [1.54, 1.807) is 0 Å². The Morgan fingerprint density at radius 1 is 0.688 bits per heavy atom. The van der Waals surface area contributed by atoms with Gasteiger partial charge >= 0.3 is 5.97 Å². The van der Waals surface area contributed by atoms with Gasteiger partial charge in [-0.3, -0.25) is 4.79 Å². The van der Waals surface area contributed by atoms with Crippen LogP contribution >= 0.6 is 0 Å². The van der Waals surface area contributed by atoms with E-state index in [1.165, 1.54) is 70.6 Å². The molecule has 192 valence electrons. The van der Waals surface area contributed by atoms with Crippen LogP contribution in [-0.4, -0.2) is 35.5 Å². The fourth-order valence-corrected chi connectivity index (χ4v) is 5.65. The van der Waals surface area contributed by atoms with E-state index < -0.39 is 6.10 Å². The lowest BCUT2D eigenvalue weighted by atomic mass is 9.60. The molecule has 0 saturated heterocycles. The lowest BCUT2D eigenvalue weighted by molar-refractivity contribution is -0.147. The number of aliphatic hydroxyl groups is 2. The average Bonchev–Trinajstić information content (AvgIpc) is 2.73. The van der Waals surface area contributed by atoms with Gasteiger partial charge in [-0.25, -0.2) is 0 Å². The van der Waals surface area contributed by atoms with Crippen LogP contribution in [0.5, 0.6) is 0 Å². The summed E-state index contributed by atoms with van der Waals surface area (Å²) in [6.07, 6.45) is 16.0. The minimum absolute atomic E-state index is 0.107. The topological polar surface area (TPSA) is 66.8 Å². The number of aliphatic hydroxyl groups excluding tert-OH is 2. The number of hydrogen-bond acceptors (Lipinski definition) is 4. The van der Waals surface area contributed by atoms with Crippen molar-refractivity contribution < 1.29 is 19.7 Å². The summed E-state index contributed by atoms with van der Waals surface area (Å²) in [6.45, 7) is 14.0. The third-order valence-corrected chi connectivity index (χ3v) is 7.61. The Bertz CT molecular complexity index is 423. The number of rotatable bonds is 21. The highest BCUT2D eigenvalue weighted by molar-refractivity contribution is 5.69. The molecule has 1 unspecified atom stereocenters. The van der Waals surface area contributed by atoms with Crippen molar-refractivity contribution in [2.24, 2.45) is 23.2 Å². The molecule has 0 spiro atoms. The van der Waals surface area contributed by atoms with Crippen molar-refractivity contribution in [3.8, 4) is 0 Å². The molecular formula is C28H56O4. The fourth-order valence-electron chi connectivity index (χ4n) is 5.65. The van der Waals surface area contributed by atoms with Gasteiger partial charge in [0, 0.05) is 6.42 Å². The van der Waals surface area contributed by atoms with Crippen LogP contribution in [0.2, 0.25) is 0 Å². The van der Waals surface area contributed by atoms with E-state index in [0.717, 1.165) is 30.6 Å². The largest absolute Gasteiger partial charge is 0.463 e. The summed E-state index contributed by atoms with van der Waals surface area (Å²) in [7, 11) is 0. The monoisotopic (exact) mass is 456 g/mol. The van der Waals surface area contributed by atoms with Crippen LogP contribution in [0.4, 0.5) is 0 Å². The van der Waals surface area contributed by atoms with Gasteiger partial charge in [0.05, 0.1) is 6.61 Å². The standard InChI is InChI=1S/C28H56O4/c1-23(2)28(24(3)4,25(5)6)20-18-16-14-12-10-8-7-9-11-13-15-17-19-27(31)32-22-26(30)21-29/h23-26,29-30H,7-22H2,1-6H3. The molecule has 0 aromatic carbocycles. The van der Waals surface area contributed by atoms with Crippen molar-refractivity contribution in [3.63, 3.8) is 0 Å². The van der Waals surface area contributed by atoms with Crippen molar-refractivity contribution in [2.45, 2.75) is 138 Å². The predicted octanol–water partition coefficient (Wildman–Crippen LogP) is 7.30. The Hall–Kier alpha value is -0.610. The molecule has 0 bridgehead atoms. The first-order valence-electron chi connectivity index (χ1n) is 13.6. The fraction of sp³-hybridized carbons (Fsp3) is 0.964. The van der Waals surface area contributed by atoms with E-state index in [4.69, 9.17) is 14.9 Å². The number of carbonyl (C=O) groups is 1. The first-order valence-corrected chi connectivity index (χ1v) is 13.6. The van der Waals surface area contributed by atoms with Crippen molar-refractivity contribution >= 4 is 5.97 Å². The molecule has 0 aromatic heterocycles. The van der Waals surface area contributed by atoms with Gasteiger partial charge in [0.1, 0.15) is 12.7 Å². The summed E-state index contributed by atoms with van der Waals surface area (Å²) in [5.41, 5.74) is 0.489. The van der Waals surface area contributed by atoms with Gasteiger partial charge in [-0.15, -0.1) is 0 Å². The van der Waals surface area contributed by atoms with Gasteiger partial charge in [-0.2, -0.15) is 0 Å². The maximum Gasteiger partial charge on any atom is 0.305 e. The van der Waals surface area contributed by atoms with Crippen LogP contribution in [0.25, 0.3) is 0 Å². The summed E-state index contributed by atoms with van der Waals surface area (Å²) in [4.78, 5) is 11.5. The minimum Gasteiger partial charge on any atom is -0.463 e. The van der Waals surface area contributed by atoms with Gasteiger partial charge in [0.25, 0.3) is 0 Å². The first kappa shape index (κ1) is 31.4. The van der Waals surface area contributed by atoms with Crippen molar-refractivity contribution in [1.29, 1.82) is 0 Å². The van der Waals surface area contributed by atoms with Crippen LogP contribution < -0.4 is 0 Å². The smallest absolute Gasteiger partial charge is 0.305 e. The first-order chi connectivity index (χ1) is 15.2. The Labute approximate surface area is 199 Å². The molecule has 0 saturated carbocycles. The van der Waals surface area contributed by atoms with E-state index in [9.17, 15) is 4.79 Å². The molecular weight excluding hydrogens is 400 g/mol. The van der Waals surface area contributed by atoms with E-state index in [-0.39, 0.29) is 19.2 Å². The molecule has 0 amide bonds. The molecule has 0 heterocycles. The van der Waals surface area contributed by atoms with Crippen molar-refractivity contribution in [3.05, 3.63) is 0 Å². The molecule has 0 aliphatic rings. The number of hydrogen-bond donors (Lipinski definition) is 2. The Balaban J connectivity index is 3.57. The molecule has 0 aliphatic heterocycles. The van der Waals surface area contributed by atoms with Crippen LogP contribution in [-0.2, 0) is 9.53 Å². The van der Waals surface area contributed by atoms with E-state index >= 15 is 0 Å². The maximum absolute atomic E-state index is 11.5. The van der Waals surface area contributed by atoms with Crippen LogP contribution in [0, 0.1) is 23.2 Å². The summed E-state index contributed by atoms with van der Waals surface area (Å²) in [6, 6.07) is 0. The Morgan fingerprint density at radius 2 is 1.06 bits per heavy atom. The molecule has 0 aromatic rings.